The molecule has 0 saturated carbocycles. The molecule has 0 radical (unpaired) electrons. The molecular formula is C67H46N2. The molecule has 0 aliphatic rings. The Balaban J connectivity index is 0.902. The van der Waals surface area contributed by atoms with Gasteiger partial charge in [-0.1, -0.05) is 255 Å². The summed E-state index contributed by atoms with van der Waals surface area (Å²) >= 11 is 0. The monoisotopic (exact) mass is 878 g/mol. The van der Waals surface area contributed by atoms with E-state index in [2.05, 4.69) is 284 Å². The highest BCUT2D eigenvalue weighted by molar-refractivity contribution is 6.24. The summed E-state index contributed by atoms with van der Waals surface area (Å²) < 4.78 is 2.36. The summed E-state index contributed by atoms with van der Waals surface area (Å²) in [6.45, 7) is 0. The maximum Gasteiger partial charge on any atom is 0.145 e. The van der Waals surface area contributed by atoms with Gasteiger partial charge in [0.25, 0.3) is 0 Å². The number of rotatable bonds is 10. The van der Waals surface area contributed by atoms with Crippen LogP contribution in [0.2, 0.25) is 0 Å². The first-order valence-corrected chi connectivity index (χ1v) is 23.6. The van der Waals surface area contributed by atoms with E-state index >= 15 is 0 Å². The van der Waals surface area contributed by atoms with Gasteiger partial charge in [0, 0.05) is 22.0 Å². The Bertz CT molecular complexity index is 3710. The van der Waals surface area contributed by atoms with Crippen molar-refractivity contribution in [3.05, 3.63) is 300 Å². The van der Waals surface area contributed by atoms with Gasteiger partial charge in [-0.05, 0) is 102 Å². The SMILES string of the molecule is C(=C(c1ccccc1)c1ccccc1)c1ccc(-c2ccc(-c3nc4c5ccccc5c5ccccc5c4n3-c3ccc(-c4ccc(C=C(c5ccccc5)c5ccccc5)cc4)cc3)cc2)cc1. The summed E-state index contributed by atoms with van der Waals surface area (Å²) in [6.07, 6.45) is 4.57. The van der Waals surface area contributed by atoms with Crippen LogP contribution >= 0.6 is 0 Å². The maximum atomic E-state index is 5.54. The number of fused-ring (bicyclic) bond motifs is 6. The largest absolute Gasteiger partial charge is 0.292 e. The summed E-state index contributed by atoms with van der Waals surface area (Å²) in [5, 5.41) is 4.75. The van der Waals surface area contributed by atoms with Crippen molar-refractivity contribution in [3.8, 4) is 39.3 Å². The molecule has 12 rings (SSSR count). The first kappa shape index (κ1) is 41.3. The van der Waals surface area contributed by atoms with Gasteiger partial charge in [-0.3, -0.25) is 4.57 Å². The van der Waals surface area contributed by atoms with Crippen LogP contribution in [0.4, 0.5) is 0 Å². The average molecular weight is 879 g/mol. The van der Waals surface area contributed by atoms with Crippen molar-refractivity contribution in [2.24, 2.45) is 0 Å². The minimum atomic E-state index is 0.907. The van der Waals surface area contributed by atoms with Crippen molar-refractivity contribution in [1.29, 1.82) is 0 Å². The van der Waals surface area contributed by atoms with E-state index in [1.807, 2.05) is 0 Å². The molecule has 11 aromatic carbocycles. The lowest BCUT2D eigenvalue weighted by Crippen LogP contribution is -1.98. The van der Waals surface area contributed by atoms with Gasteiger partial charge in [-0.2, -0.15) is 0 Å². The highest BCUT2D eigenvalue weighted by Crippen LogP contribution is 2.40. The fraction of sp³-hybridized carbons (Fsp3) is 0. The summed E-state index contributed by atoms with van der Waals surface area (Å²) in [4.78, 5) is 5.54. The van der Waals surface area contributed by atoms with Crippen LogP contribution in [0.1, 0.15) is 33.4 Å². The lowest BCUT2D eigenvalue weighted by molar-refractivity contribution is 1.11. The van der Waals surface area contributed by atoms with Gasteiger partial charge in [0.1, 0.15) is 5.82 Å². The van der Waals surface area contributed by atoms with Crippen LogP contribution in [-0.4, -0.2) is 9.55 Å². The van der Waals surface area contributed by atoms with Crippen molar-refractivity contribution in [2.75, 3.05) is 0 Å². The van der Waals surface area contributed by atoms with Crippen LogP contribution in [-0.2, 0) is 0 Å². The van der Waals surface area contributed by atoms with E-state index in [0.29, 0.717) is 0 Å². The zero-order valence-corrected chi connectivity index (χ0v) is 38.0. The predicted octanol–water partition coefficient (Wildman–Crippen LogP) is 17.5. The van der Waals surface area contributed by atoms with E-state index < -0.39 is 0 Å². The standard InChI is InChI=1S/C67H46N2/c1-5-17-53(18-6-1)63(54-19-7-2-8-20-54)45-47-29-33-49(34-30-47)51-37-39-57(40-38-51)67-68-65-61-27-15-13-25-59(61)60-26-14-16-28-62(60)66(65)69(67)58-43-41-52(42-44-58)50-35-31-48(32-36-50)46-64(55-21-9-3-10-22-55)56-23-11-4-12-24-56/h1-46H. The normalized spacial score (nSPS) is 11.2. The third kappa shape index (κ3) is 8.15. The zero-order chi connectivity index (χ0) is 45.9. The molecule has 12 aromatic rings. The lowest BCUT2D eigenvalue weighted by atomic mass is 9.95. The highest BCUT2D eigenvalue weighted by atomic mass is 15.1. The molecule has 69 heavy (non-hydrogen) atoms. The van der Waals surface area contributed by atoms with Crippen molar-refractivity contribution in [2.45, 2.75) is 0 Å². The van der Waals surface area contributed by atoms with Crippen LogP contribution in [0.5, 0.6) is 0 Å². The molecule has 0 saturated heterocycles. The number of nitrogens with zero attached hydrogens (tertiary/aromatic N) is 2. The Morgan fingerprint density at radius 2 is 0.609 bits per heavy atom. The van der Waals surface area contributed by atoms with Crippen LogP contribution in [0.15, 0.2) is 267 Å². The van der Waals surface area contributed by atoms with Crippen molar-refractivity contribution in [1.82, 2.24) is 9.55 Å². The third-order valence-electron chi connectivity index (χ3n) is 13.2. The minimum absolute atomic E-state index is 0.907. The van der Waals surface area contributed by atoms with E-state index in [1.54, 1.807) is 0 Å². The number of hydrogen-bond donors (Lipinski definition) is 0. The second-order valence-electron chi connectivity index (χ2n) is 17.5. The van der Waals surface area contributed by atoms with E-state index in [-0.39, 0.29) is 0 Å². The molecule has 0 atom stereocenters. The average Bonchev–Trinajstić information content (AvgIpc) is 3.85. The van der Waals surface area contributed by atoms with Crippen LogP contribution in [0.3, 0.4) is 0 Å². The second-order valence-corrected chi connectivity index (χ2v) is 17.5. The van der Waals surface area contributed by atoms with E-state index in [1.165, 1.54) is 55.1 Å². The Kier molecular flexibility index (Phi) is 11.0. The topological polar surface area (TPSA) is 17.8 Å². The van der Waals surface area contributed by atoms with E-state index in [9.17, 15) is 0 Å². The molecule has 2 nitrogen and oxygen atoms in total. The Labute approximate surface area is 403 Å². The van der Waals surface area contributed by atoms with Gasteiger partial charge in [0.2, 0.25) is 0 Å². The molecule has 0 N–H and O–H groups in total. The number of imidazole rings is 1. The van der Waals surface area contributed by atoms with Gasteiger partial charge in [-0.25, -0.2) is 4.98 Å². The van der Waals surface area contributed by atoms with Crippen molar-refractivity contribution in [3.63, 3.8) is 0 Å². The molecule has 0 unspecified atom stereocenters. The molecule has 0 spiro atoms. The molecular weight excluding hydrogens is 833 g/mol. The quantitative estimate of drug-likeness (QED) is 0.0988. The first-order chi connectivity index (χ1) is 34.2. The molecule has 0 aliphatic carbocycles. The predicted molar refractivity (Wildman–Crippen MR) is 292 cm³/mol. The maximum absolute atomic E-state index is 5.54. The third-order valence-corrected chi connectivity index (χ3v) is 13.2. The second kappa shape index (κ2) is 18.3. The molecule has 0 amide bonds. The number of aromatic nitrogens is 2. The van der Waals surface area contributed by atoms with Gasteiger partial charge in [0.15, 0.2) is 0 Å². The summed E-state index contributed by atoms with van der Waals surface area (Å²) in [5.41, 5.74) is 18.4. The van der Waals surface area contributed by atoms with Gasteiger partial charge < -0.3 is 0 Å². The van der Waals surface area contributed by atoms with Crippen LogP contribution in [0.25, 0.3) is 95.2 Å². The summed E-state index contributed by atoms with van der Waals surface area (Å²) in [6, 6.07) is 95.5. The molecule has 0 aliphatic heterocycles. The van der Waals surface area contributed by atoms with E-state index in [0.717, 1.165) is 61.3 Å². The summed E-state index contributed by atoms with van der Waals surface area (Å²) in [7, 11) is 0. The fourth-order valence-corrected chi connectivity index (χ4v) is 9.78. The van der Waals surface area contributed by atoms with Crippen molar-refractivity contribution < 1.29 is 0 Å². The van der Waals surface area contributed by atoms with E-state index in [4.69, 9.17) is 4.98 Å². The van der Waals surface area contributed by atoms with Crippen LogP contribution < -0.4 is 0 Å². The molecule has 324 valence electrons. The Morgan fingerprint density at radius 1 is 0.290 bits per heavy atom. The fourth-order valence-electron chi connectivity index (χ4n) is 9.78. The molecule has 0 fully saturated rings. The van der Waals surface area contributed by atoms with Crippen molar-refractivity contribution >= 4 is 55.9 Å². The first-order valence-electron chi connectivity index (χ1n) is 23.6. The highest BCUT2D eigenvalue weighted by Gasteiger charge is 2.20. The molecule has 1 heterocycles. The molecule has 0 bridgehead atoms. The number of hydrogen-bond acceptors (Lipinski definition) is 1. The minimum Gasteiger partial charge on any atom is -0.292 e. The van der Waals surface area contributed by atoms with Gasteiger partial charge in [-0.15, -0.1) is 0 Å². The lowest BCUT2D eigenvalue weighted by Gasteiger charge is -2.14. The Hall–Kier alpha value is -9.11. The number of benzene rings is 11. The van der Waals surface area contributed by atoms with Gasteiger partial charge >= 0.3 is 0 Å². The zero-order valence-electron chi connectivity index (χ0n) is 38.0. The van der Waals surface area contributed by atoms with Crippen LogP contribution in [0, 0.1) is 0 Å². The van der Waals surface area contributed by atoms with Gasteiger partial charge in [0.05, 0.1) is 11.0 Å². The molecule has 2 heteroatoms. The summed E-state index contributed by atoms with van der Waals surface area (Å²) in [5.74, 6) is 0.907. The Morgan fingerprint density at radius 3 is 1.03 bits per heavy atom. The smallest absolute Gasteiger partial charge is 0.145 e. The molecule has 1 aromatic heterocycles.